The Bertz CT molecular complexity index is 408. The third-order valence-corrected chi connectivity index (χ3v) is 4.36. The van der Waals surface area contributed by atoms with Crippen LogP contribution in [0.1, 0.15) is 110 Å². The number of carboxylic acid groups (broad SMARTS) is 3. The van der Waals surface area contributed by atoms with E-state index in [4.69, 9.17) is 15.3 Å². The molecule has 0 aromatic heterocycles. The third kappa shape index (κ3) is 38.2. The van der Waals surface area contributed by atoms with E-state index in [0.29, 0.717) is 18.6 Å². The fraction of sp³-hybridized carbons (Fsp3) is 0.773. The quantitative estimate of drug-likeness (QED) is 0.159. The lowest BCUT2D eigenvalue weighted by molar-refractivity contribution is -0.137. The van der Waals surface area contributed by atoms with Crippen molar-refractivity contribution in [3.8, 4) is 0 Å². The maximum atomic E-state index is 10.3. The van der Waals surface area contributed by atoms with Crippen molar-refractivity contribution in [2.75, 3.05) is 0 Å². The van der Waals surface area contributed by atoms with E-state index in [-0.39, 0.29) is 23.1 Å². The summed E-state index contributed by atoms with van der Waals surface area (Å²) in [4.78, 5) is 29.4. The smallest absolute Gasteiger partial charge is 0.328 e. The molecule has 0 amide bonds. The molecule has 0 saturated heterocycles. The monoisotopic (exact) mass is 426 g/mol. The maximum absolute atomic E-state index is 10.3. The largest absolute Gasteiger partial charge is 0.481 e. The lowest BCUT2D eigenvalue weighted by Crippen LogP contribution is -1.93. The number of rotatable bonds is 18. The highest BCUT2D eigenvalue weighted by atomic mass is 24.3. The Balaban J connectivity index is -0.000000636. The van der Waals surface area contributed by atoms with Crippen LogP contribution in [0.5, 0.6) is 0 Å². The molecular weight excluding hydrogens is 385 g/mol. The molecular formula is C22H42MgO6. The zero-order chi connectivity index (χ0) is 21.5. The van der Waals surface area contributed by atoms with Crippen molar-refractivity contribution in [1.29, 1.82) is 0 Å². The van der Waals surface area contributed by atoms with Gasteiger partial charge in [0.25, 0.3) is 0 Å². The Morgan fingerprint density at radius 2 is 0.828 bits per heavy atom. The highest BCUT2D eigenvalue weighted by Crippen LogP contribution is 2.13. The van der Waals surface area contributed by atoms with Crippen LogP contribution in [0.3, 0.4) is 0 Å². The van der Waals surface area contributed by atoms with E-state index in [2.05, 4.69) is 6.92 Å². The van der Waals surface area contributed by atoms with Gasteiger partial charge in [-0.25, -0.2) is 9.59 Å². The molecule has 0 unspecified atom stereocenters. The van der Waals surface area contributed by atoms with Gasteiger partial charge in [-0.15, -0.1) is 0 Å². The maximum Gasteiger partial charge on any atom is 0.328 e. The number of aliphatic carboxylic acids is 3. The molecule has 168 valence electrons. The SMILES string of the molecule is CCCCCCCCCCCCCCCCCC(=O)O.O=C(O)C=CC(=O)O.[MgH2]. The Kier molecular flexibility index (Phi) is 30.2. The molecule has 29 heavy (non-hydrogen) atoms. The van der Waals surface area contributed by atoms with E-state index in [1.807, 2.05) is 0 Å². The molecule has 7 heteroatoms. The minimum Gasteiger partial charge on any atom is -0.481 e. The summed E-state index contributed by atoms with van der Waals surface area (Å²) in [6, 6.07) is 0. The lowest BCUT2D eigenvalue weighted by atomic mass is 10.0. The molecule has 0 aliphatic rings. The van der Waals surface area contributed by atoms with Gasteiger partial charge in [-0.2, -0.15) is 0 Å². The van der Waals surface area contributed by atoms with Gasteiger partial charge in [0, 0.05) is 18.6 Å². The zero-order valence-electron chi connectivity index (χ0n) is 17.5. The molecule has 0 aliphatic carbocycles. The van der Waals surface area contributed by atoms with Gasteiger partial charge in [-0.05, 0) is 6.42 Å². The van der Waals surface area contributed by atoms with Gasteiger partial charge in [0.2, 0.25) is 0 Å². The molecule has 0 radical (unpaired) electrons. The van der Waals surface area contributed by atoms with E-state index in [1.165, 1.54) is 83.5 Å². The average Bonchev–Trinajstić information content (AvgIpc) is 2.63. The molecule has 3 N–H and O–H groups in total. The van der Waals surface area contributed by atoms with Crippen molar-refractivity contribution in [2.45, 2.75) is 110 Å². The first-order valence-corrected chi connectivity index (χ1v) is 10.8. The Morgan fingerprint density at radius 1 is 0.552 bits per heavy atom. The number of unbranched alkanes of at least 4 members (excludes halogenated alkanes) is 14. The lowest BCUT2D eigenvalue weighted by Gasteiger charge is -2.03. The van der Waals surface area contributed by atoms with Crippen molar-refractivity contribution in [2.24, 2.45) is 0 Å². The second-order valence-corrected chi connectivity index (χ2v) is 7.10. The molecule has 0 fully saturated rings. The molecule has 0 aromatic rings. The topological polar surface area (TPSA) is 112 Å². The van der Waals surface area contributed by atoms with Crippen LogP contribution in [0.15, 0.2) is 12.2 Å². The summed E-state index contributed by atoms with van der Waals surface area (Å²) in [6.45, 7) is 2.27. The molecule has 0 saturated carbocycles. The number of carbonyl (C=O) groups is 3. The standard InChI is InChI=1S/C18H36O2.C4H4O4.Mg.2H/c1-2-3-4-5-6-7-8-9-10-11-12-13-14-15-16-17-18(19)20;5-3(6)1-2-4(7)8;;;/h2-17H2,1H3,(H,19,20);1-2H,(H,5,6)(H,7,8);;;. The minimum absolute atomic E-state index is 0. The molecule has 0 atom stereocenters. The molecule has 0 bridgehead atoms. The summed E-state index contributed by atoms with van der Waals surface area (Å²) in [5.74, 6) is -3.17. The highest BCUT2D eigenvalue weighted by molar-refractivity contribution is 5.89. The summed E-state index contributed by atoms with van der Waals surface area (Å²) in [7, 11) is 0. The molecule has 0 aromatic carbocycles. The van der Waals surface area contributed by atoms with Gasteiger partial charge in [0.05, 0.1) is 0 Å². The molecule has 6 nitrogen and oxygen atoms in total. The van der Waals surface area contributed by atoms with Gasteiger partial charge in [-0.3, -0.25) is 4.79 Å². The van der Waals surface area contributed by atoms with Gasteiger partial charge in [0.15, 0.2) is 0 Å². The van der Waals surface area contributed by atoms with Gasteiger partial charge in [-0.1, -0.05) is 96.8 Å². The summed E-state index contributed by atoms with van der Waals surface area (Å²) < 4.78 is 0. The van der Waals surface area contributed by atoms with E-state index >= 15 is 0 Å². The molecule has 0 rings (SSSR count). The number of carboxylic acids is 3. The van der Waals surface area contributed by atoms with Crippen LogP contribution < -0.4 is 0 Å². The summed E-state index contributed by atoms with van der Waals surface area (Å²) >= 11 is 0. The molecule has 0 spiro atoms. The summed E-state index contributed by atoms with van der Waals surface area (Å²) in [5.41, 5.74) is 0. The van der Waals surface area contributed by atoms with Crippen LogP contribution in [0.4, 0.5) is 0 Å². The fourth-order valence-corrected chi connectivity index (χ4v) is 2.79. The van der Waals surface area contributed by atoms with Crippen molar-refractivity contribution >= 4 is 41.0 Å². The molecule has 0 heterocycles. The van der Waals surface area contributed by atoms with E-state index in [9.17, 15) is 14.4 Å². The molecule has 0 aliphatic heterocycles. The minimum atomic E-state index is -1.26. The Labute approximate surface area is 192 Å². The van der Waals surface area contributed by atoms with Gasteiger partial charge in [0.1, 0.15) is 0 Å². The van der Waals surface area contributed by atoms with E-state index in [0.717, 1.165) is 12.8 Å². The second-order valence-electron chi connectivity index (χ2n) is 7.10. The van der Waals surface area contributed by atoms with Crippen molar-refractivity contribution < 1.29 is 29.7 Å². The predicted octanol–water partition coefficient (Wildman–Crippen LogP) is 5.13. The first-order valence-electron chi connectivity index (χ1n) is 10.8. The van der Waals surface area contributed by atoms with Crippen LogP contribution in [-0.4, -0.2) is 56.3 Å². The van der Waals surface area contributed by atoms with Crippen molar-refractivity contribution in [3.63, 3.8) is 0 Å². The van der Waals surface area contributed by atoms with Crippen LogP contribution in [0, 0.1) is 0 Å². The predicted molar refractivity (Wildman–Crippen MR) is 120 cm³/mol. The van der Waals surface area contributed by atoms with Crippen LogP contribution in [-0.2, 0) is 14.4 Å². The van der Waals surface area contributed by atoms with Crippen LogP contribution in [0.25, 0.3) is 0 Å². The van der Waals surface area contributed by atoms with Gasteiger partial charge >= 0.3 is 41.0 Å². The normalized spacial score (nSPS) is 10.1. The van der Waals surface area contributed by atoms with Crippen molar-refractivity contribution in [1.82, 2.24) is 0 Å². The first-order chi connectivity index (χ1) is 13.4. The third-order valence-electron chi connectivity index (χ3n) is 4.36. The van der Waals surface area contributed by atoms with E-state index in [1.54, 1.807) is 0 Å². The van der Waals surface area contributed by atoms with Crippen LogP contribution in [0.2, 0.25) is 0 Å². The second kappa shape index (κ2) is 26.9. The van der Waals surface area contributed by atoms with Crippen LogP contribution >= 0.6 is 0 Å². The summed E-state index contributed by atoms with van der Waals surface area (Å²) in [5, 5.41) is 24.1. The Hall–Kier alpha value is -1.08. The highest BCUT2D eigenvalue weighted by Gasteiger charge is 1.97. The first kappa shape index (κ1) is 32.6. The fourth-order valence-electron chi connectivity index (χ4n) is 2.79. The number of hydrogen-bond donors (Lipinski definition) is 3. The average molecular weight is 427 g/mol. The van der Waals surface area contributed by atoms with E-state index < -0.39 is 17.9 Å². The number of hydrogen-bond acceptors (Lipinski definition) is 3. The van der Waals surface area contributed by atoms with Crippen molar-refractivity contribution in [3.05, 3.63) is 12.2 Å². The Morgan fingerprint density at radius 3 is 1.07 bits per heavy atom. The summed E-state index contributed by atoms with van der Waals surface area (Å²) in [6.07, 6.45) is 21.3. The zero-order valence-corrected chi connectivity index (χ0v) is 17.5. The van der Waals surface area contributed by atoms with Gasteiger partial charge < -0.3 is 15.3 Å².